The van der Waals surface area contributed by atoms with Crippen molar-refractivity contribution in [1.82, 2.24) is 0 Å². The maximum Gasteiger partial charge on any atom is 0.150 e. The van der Waals surface area contributed by atoms with Crippen LogP contribution in [0.15, 0.2) is 66.7 Å². The molecule has 154 valence electrons. The first kappa shape index (κ1) is 20.7. The van der Waals surface area contributed by atoms with Crippen LogP contribution in [0.5, 0.6) is 5.75 Å². The van der Waals surface area contributed by atoms with E-state index in [0.29, 0.717) is 18.1 Å². The largest absolute Gasteiger partial charge is 0.494 e. The van der Waals surface area contributed by atoms with Gasteiger partial charge in [-0.05, 0) is 72.1 Å². The van der Waals surface area contributed by atoms with Gasteiger partial charge in [-0.1, -0.05) is 73.1 Å². The Kier molecular flexibility index (Phi) is 6.24. The van der Waals surface area contributed by atoms with Crippen LogP contribution in [0.2, 0.25) is 5.02 Å². The van der Waals surface area contributed by atoms with Gasteiger partial charge in [0.1, 0.15) is 11.6 Å². The molecule has 1 aliphatic rings. The summed E-state index contributed by atoms with van der Waals surface area (Å²) in [5.41, 5.74) is 5.52. The maximum absolute atomic E-state index is 15.1. The normalized spacial score (nSPS) is 16.3. The van der Waals surface area contributed by atoms with Crippen LogP contribution in [0.25, 0.3) is 27.8 Å². The lowest BCUT2D eigenvalue weighted by molar-refractivity contribution is 0.340. The van der Waals surface area contributed by atoms with Crippen molar-refractivity contribution in [3.8, 4) is 28.0 Å². The van der Waals surface area contributed by atoms with E-state index in [2.05, 4.69) is 13.0 Å². The maximum atomic E-state index is 15.1. The van der Waals surface area contributed by atoms with Crippen molar-refractivity contribution in [1.29, 1.82) is 0 Å². The quantitative estimate of drug-likeness (QED) is 0.402. The van der Waals surface area contributed by atoms with E-state index in [1.54, 1.807) is 0 Å². The first-order valence-corrected chi connectivity index (χ1v) is 11.0. The molecule has 0 saturated heterocycles. The molecule has 0 bridgehead atoms. The number of allylic oxidation sites excluding steroid dienone is 2. The van der Waals surface area contributed by atoms with Crippen molar-refractivity contribution >= 4 is 17.2 Å². The molecule has 0 aromatic heterocycles. The fourth-order valence-electron chi connectivity index (χ4n) is 3.98. The summed E-state index contributed by atoms with van der Waals surface area (Å²) in [5.74, 6) is 1.20. The first-order valence-electron chi connectivity index (χ1n) is 10.6. The molecule has 4 rings (SSSR count). The summed E-state index contributed by atoms with van der Waals surface area (Å²) >= 11 is 6.46. The van der Waals surface area contributed by atoms with Crippen LogP contribution in [0.1, 0.15) is 38.7 Å². The summed E-state index contributed by atoms with van der Waals surface area (Å²) in [5, 5.41) is 0.226. The Balaban J connectivity index is 1.59. The van der Waals surface area contributed by atoms with Crippen molar-refractivity contribution in [3.63, 3.8) is 0 Å². The lowest BCUT2D eigenvalue weighted by atomic mass is 9.87. The van der Waals surface area contributed by atoms with Gasteiger partial charge < -0.3 is 4.74 Å². The van der Waals surface area contributed by atoms with Gasteiger partial charge in [0.15, 0.2) is 0 Å². The van der Waals surface area contributed by atoms with E-state index in [0.717, 1.165) is 52.8 Å². The summed E-state index contributed by atoms with van der Waals surface area (Å²) in [6.07, 6.45) is 5.32. The second-order valence-electron chi connectivity index (χ2n) is 7.93. The van der Waals surface area contributed by atoms with Crippen molar-refractivity contribution < 1.29 is 9.13 Å². The number of benzene rings is 3. The third kappa shape index (κ3) is 4.29. The molecular formula is C27H26ClFO. The molecule has 0 heterocycles. The van der Waals surface area contributed by atoms with Crippen molar-refractivity contribution in [2.24, 2.45) is 5.92 Å². The average molecular weight is 421 g/mol. The van der Waals surface area contributed by atoms with Crippen LogP contribution in [0.4, 0.5) is 4.39 Å². The highest BCUT2D eigenvalue weighted by Gasteiger charge is 2.18. The number of ether oxygens (including phenoxy) is 1. The molecule has 0 fully saturated rings. The van der Waals surface area contributed by atoms with E-state index in [1.165, 1.54) is 0 Å². The zero-order valence-electron chi connectivity index (χ0n) is 17.4. The van der Waals surface area contributed by atoms with Crippen LogP contribution in [-0.2, 0) is 0 Å². The summed E-state index contributed by atoms with van der Waals surface area (Å²) in [4.78, 5) is 0. The van der Waals surface area contributed by atoms with Gasteiger partial charge in [-0.2, -0.15) is 0 Å². The van der Waals surface area contributed by atoms with Gasteiger partial charge in [-0.15, -0.1) is 0 Å². The van der Waals surface area contributed by atoms with E-state index in [4.69, 9.17) is 16.3 Å². The number of halogens is 2. The molecule has 0 amide bonds. The van der Waals surface area contributed by atoms with Gasteiger partial charge >= 0.3 is 0 Å². The topological polar surface area (TPSA) is 9.23 Å². The smallest absolute Gasteiger partial charge is 0.150 e. The van der Waals surface area contributed by atoms with Gasteiger partial charge in [0, 0.05) is 5.56 Å². The predicted molar refractivity (Wildman–Crippen MR) is 124 cm³/mol. The zero-order chi connectivity index (χ0) is 21.1. The minimum Gasteiger partial charge on any atom is -0.494 e. The van der Waals surface area contributed by atoms with Gasteiger partial charge in [0.2, 0.25) is 0 Å². The number of hydrogen-bond acceptors (Lipinski definition) is 1. The summed E-state index contributed by atoms with van der Waals surface area (Å²) in [6, 6.07) is 19.7. The Hall–Kier alpha value is -2.58. The predicted octanol–water partition coefficient (Wildman–Crippen LogP) is 8.42. The Morgan fingerprint density at radius 2 is 1.50 bits per heavy atom. The van der Waals surface area contributed by atoms with Gasteiger partial charge in [-0.3, -0.25) is 0 Å². The lowest BCUT2D eigenvalue weighted by Crippen LogP contribution is -2.02. The second kappa shape index (κ2) is 9.06. The minimum absolute atomic E-state index is 0.226. The monoisotopic (exact) mass is 420 g/mol. The Morgan fingerprint density at radius 3 is 2.10 bits per heavy atom. The molecule has 0 radical (unpaired) electrons. The fraction of sp³-hybridized carbons (Fsp3) is 0.259. The molecule has 1 nitrogen and oxygen atoms in total. The third-order valence-electron chi connectivity index (χ3n) is 5.80. The lowest BCUT2D eigenvalue weighted by Gasteiger charge is -2.20. The fourth-order valence-corrected chi connectivity index (χ4v) is 4.27. The Bertz CT molecular complexity index is 1050. The molecular weight excluding hydrogens is 395 g/mol. The molecule has 30 heavy (non-hydrogen) atoms. The molecule has 1 atom stereocenters. The highest BCUT2D eigenvalue weighted by Crippen LogP contribution is 2.38. The van der Waals surface area contributed by atoms with Crippen molar-refractivity contribution in [2.45, 2.75) is 33.1 Å². The van der Waals surface area contributed by atoms with E-state index >= 15 is 4.39 Å². The molecule has 3 aromatic carbocycles. The summed E-state index contributed by atoms with van der Waals surface area (Å²) in [6.45, 7) is 4.87. The standard InChI is InChI=1S/C27H26ClFO/c1-3-30-23-14-12-20(13-15-23)19-8-10-22(11-9-19)25-17-16-24(26(28)27(25)29)21-6-4-18(2)5-7-21/h6,8-18H,3-5,7H2,1-2H3. The van der Waals surface area contributed by atoms with Gasteiger partial charge in [-0.25, -0.2) is 4.39 Å². The third-order valence-corrected chi connectivity index (χ3v) is 6.17. The molecule has 0 N–H and O–H groups in total. The van der Waals surface area contributed by atoms with Crippen LogP contribution in [-0.4, -0.2) is 6.61 Å². The molecule has 0 aliphatic heterocycles. The van der Waals surface area contributed by atoms with Crippen LogP contribution < -0.4 is 4.74 Å². The van der Waals surface area contributed by atoms with Crippen molar-refractivity contribution in [3.05, 3.63) is 83.1 Å². The molecule has 0 spiro atoms. The van der Waals surface area contributed by atoms with E-state index in [-0.39, 0.29) is 10.8 Å². The summed E-state index contributed by atoms with van der Waals surface area (Å²) < 4.78 is 20.6. The Morgan fingerprint density at radius 1 is 0.900 bits per heavy atom. The molecule has 3 heteroatoms. The van der Waals surface area contributed by atoms with Gasteiger partial charge in [0.05, 0.1) is 11.6 Å². The summed E-state index contributed by atoms with van der Waals surface area (Å²) in [7, 11) is 0. The van der Waals surface area contributed by atoms with E-state index in [9.17, 15) is 0 Å². The number of rotatable bonds is 5. The van der Waals surface area contributed by atoms with E-state index in [1.807, 2.05) is 67.6 Å². The molecule has 1 unspecified atom stereocenters. The number of hydrogen-bond donors (Lipinski definition) is 0. The SMILES string of the molecule is CCOc1ccc(-c2ccc(-c3ccc(C4=CCC(C)CC4)c(Cl)c3F)cc2)cc1. The molecule has 0 saturated carbocycles. The van der Waals surface area contributed by atoms with Crippen LogP contribution in [0, 0.1) is 11.7 Å². The molecule has 1 aliphatic carbocycles. The molecule has 3 aromatic rings. The van der Waals surface area contributed by atoms with Crippen molar-refractivity contribution in [2.75, 3.05) is 6.61 Å². The van der Waals surface area contributed by atoms with Crippen LogP contribution in [0.3, 0.4) is 0 Å². The van der Waals surface area contributed by atoms with E-state index < -0.39 is 0 Å². The minimum atomic E-state index is -0.345. The zero-order valence-corrected chi connectivity index (χ0v) is 18.2. The highest BCUT2D eigenvalue weighted by atomic mass is 35.5. The first-order chi connectivity index (χ1) is 14.6. The highest BCUT2D eigenvalue weighted by molar-refractivity contribution is 6.32. The van der Waals surface area contributed by atoms with Crippen LogP contribution >= 0.6 is 11.6 Å². The van der Waals surface area contributed by atoms with Gasteiger partial charge in [0.25, 0.3) is 0 Å². The average Bonchev–Trinajstić information content (AvgIpc) is 2.77. The second-order valence-corrected chi connectivity index (χ2v) is 8.31. The Labute approximate surface area is 183 Å².